The average Bonchev–Trinajstić information content (AvgIpc) is 1.98. The maximum atomic E-state index is 8.26. The quantitative estimate of drug-likeness (QED) is 0.607. The molecule has 0 spiro atoms. The topological polar surface area (TPSA) is 53.0 Å². The van der Waals surface area contributed by atoms with Crippen molar-refractivity contribution in [3.05, 3.63) is 0 Å². The van der Waals surface area contributed by atoms with Crippen molar-refractivity contribution in [2.75, 3.05) is 20.1 Å². The molecule has 0 heterocycles. The van der Waals surface area contributed by atoms with E-state index < -0.39 is 0 Å². The molecule has 0 bridgehead atoms. The Morgan fingerprint density at radius 2 is 2.30 bits per heavy atom. The van der Waals surface area contributed by atoms with Crippen LogP contribution in [-0.2, 0) is 0 Å². The van der Waals surface area contributed by atoms with E-state index in [4.69, 9.17) is 11.0 Å². The third kappa shape index (κ3) is 3.44. The lowest BCUT2D eigenvalue weighted by atomic mass is 10.3. The van der Waals surface area contributed by atoms with Crippen LogP contribution in [0.3, 0.4) is 0 Å². The molecule has 0 radical (unpaired) electrons. The normalized spacial score (nSPS) is 13.1. The summed E-state index contributed by atoms with van der Waals surface area (Å²) in [7, 11) is 1.98. The Bertz CT molecular complexity index is 117. The minimum atomic E-state index is 0.383. The van der Waals surface area contributed by atoms with Crippen LogP contribution >= 0.6 is 0 Å². The van der Waals surface area contributed by atoms with E-state index in [0.29, 0.717) is 19.0 Å². The molecule has 0 aliphatic carbocycles. The van der Waals surface area contributed by atoms with Gasteiger partial charge in [-0.05, 0) is 14.0 Å². The third-order valence-corrected chi connectivity index (χ3v) is 1.67. The molecule has 0 aromatic carbocycles. The van der Waals surface area contributed by atoms with Gasteiger partial charge < -0.3 is 10.6 Å². The zero-order chi connectivity index (χ0) is 7.98. The zero-order valence-corrected chi connectivity index (χ0v) is 6.67. The first-order valence-corrected chi connectivity index (χ1v) is 3.49. The number of rotatable bonds is 4. The molecule has 1 atom stereocenters. The van der Waals surface area contributed by atoms with Crippen LogP contribution in [0.25, 0.3) is 0 Å². The molecule has 0 saturated heterocycles. The molecule has 1 unspecified atom stereocenters. The fourth-order valence-corrected chi connectivity index (χ4v) is 0.627. The molecule has 0 aromatic rings. The maximum absolute atomic E-state index is 8.26. The summed E-state index contributed by atoms with van der Waals surface area (Å²) >= 11 is 0. The first-order chi connectivity index (χ1) is 4.72. The standard InChI is InChI=1S/C7H15N3/c1-7(6-9)10(2)5-3-4-8/h7H,3,5-6,9H2,1-2H3. The molecule has 0 aromatic heterocycles. The van der Waals surface area contributed by atoms with Gasteiger partial charge in [-0.2, -0.15) is 5.26 Å². The molecule has 0 rings (SSSR count). The van der Waals surface area contributed by atoms with Gasteiger partial charge in [0.2, 0.25) is 0 Å². The number of hydrogen-bond acceptors (Lipinski definition) is 3. The van der Waals surface area contributed by atoms with Crippen LogP contribution < -0.4 is 5.73 Å². The van der Waals surface area contributed by atoms with Gasteiger partial charge in [-0.25, -0.2) is 0 Å². The van der Waals surface area contributed by atoms with Gasteiger partial charge in [-0.15, -0.1) is 0 Å². The van der Waals surface area contributed by atoms with Crippen molar-refractivity contribution in [3.8, 4) is 6.07 Å². The predicted octanol–water partition coefficient (Wildman–Crippen LogP) is 0.179. The first kappa shape index (κ1) is 9.41. The summed E-state index contributed by atoms with van der Waals surface area (Å²) in [4.78, 5) is 2.09. The van der Waals surface area contributed by atoms with Gasteiger partial charge in [0.15, 0.2) is 0 Å². The summed E-state index contributed by atoms with van der Waals surface area (Å²) in [5.74, 6) is 0. The first-order valence-electron chi connectivity index (χ1n) is 3.49. The Labute approximate surface area is 62.4 Å². The van der Waals surface area contributed by atoms with E-state index in [-0.39, 0.29) is 0 Å². The molecule has 10 heavy (non-hydrogen) atoms. The second kappa shape index (κ2) is 5.21. The summed E-state index contributed by atoms with van der Waals surface area (Å²) in [5, 5.41) is 8.26. The monoisotopic (exact) mass is 141 g/mol. The molecule has 58 valence electrons. The van der Waals surface area contributed by atoms with Crippen LogP contribution in [0.15, 0.2) is 0 Å². The minimum Gasteiger partial charge on any atom is -0.329 e. The molecule has 0 aliphatic rings. The zero-order valence-electron chi connectivity index (χ0n) is 6.67. The van der Waals surface area contributed by atoms with Crippen LogP contribution in [0, 0.1) is 11.3 Å². The van der Waals surface area contributed by atoms with E-state index >= 15 is 0 Å². The van der Waals surface area contributed by atoms with Crippen molar-refractivity contribution in [2.45, 2.75) is 19.4 Å². The van der Waals surface area contributed by atoms with E-state index in [0.717, 1.165) is 6.54 Å². The number of nitrogens with two attached hydrogens (primary N) is 1. The van der Waals surface area contributed by atoms with Crippen LogP contribution in [0.1, 0.15) is 13.3 Å². The van der Waals surface area contributed by atoms with E-state index in [9.17, 15) is 0 Å². The molecule has 0 saturated carbocycles. The summed E-state index contributed by atoms with van der Waals surface area (Å²) in [6, 6.07) is 2.48. The fraction of sp³-hybridized carbons (Fsp3) is 0.857. The third-order valence-electron chi connectivity index (χ3n) is 1.67. The smallest absolute Gasteiger partial charge is 0.0635 e. The van der Waals surface area contributed by atoms with Crippen molar-refractivity contribution < 1.29 is 0 Å². The van der Waals surface area contributed by atoms with Gasteiger partial charge >= 0.3 is 0 Å². The second-order valence-corrected chi connectivity index (χ2v) is 2.47. The summed E-state index contributed by atoms with van der Waals surface area (Å²) in [6.07, 6.45) is 0.584. The number of nitriles is 1. The molecule has 2 N–H and O–H groups in total. The number of nitrogens with zero attached hydrogens (tertiary/aromatic N) is 2. The van der Waals surface area contributed by atoms with Crippen molar-refractivity contribution in [2.24, 2.45) is 5.73 Å². The largest absolute Gasteiger partial charge is 0.329 e. The van der Waals surface area contributed by atoms with Crippen molar-refractivity contribution in [1.29, 1.82) is 5.26 Å². The van der Waals surface area contributed by atoms with Gasteiger partial charge in [0.05, 0.1) is 6.07 Å². The Morgan fingerprint density at radius 3 is 2.70 bits per heavy atom. The number of likely N-dealkylation sites (N-methyl/N-ethyl adjacent to an activating group) is 1. The fourth-order valence-electron chi connectivity index (χ4n) is 0.627. The lowest BCUT2D eigenvalue weighted by Crippen LogP contribution is -2.35. The summed E-state index contributed by atoms with van der Waals surface area (Å²) < 4.78 is 0. The van der Waals surface area contributed by atoms with Gasteiger partial charge in [-0.3, -0.25) is 0 Å². The maximum Gasteiger partial charge on any atom is 0.0635 e. The molecule has 3 nitrogen and oxygen atoms in total. The average molecular weight is 141 g/mol. The molecule has 3 heteroatoms. The van der Waals surface area contributed by atoms with Crippen molar-refractivity contribution >= 4 is 0 Å². The molecular weight excluding hydrogens is 126 g/mol. The summed E-state index contributed by atoms with van der Waals surface area (Å²) in [5.41, 5.74) is 5.42. The highest BCUT2D eigenvalue weighted by Crippen LogP contribution is 1.93. The molecule has 0 fully saturated rings. The highest BCUT2D eigenvalue weighted by Gasteiger charge is 2.04. The highest BCUT2D eigenvalue weighted by atomic mass is 15.1. The Hall–Kier alpha value is -0.590. The van der Waals surface area contributed by atoms with Crippen molar-refractivity contribution in [1.82, 2.24) is 4.90 Å². The Kier molecular flexibility index (Phi) is 4.91. The molecule has 0 amide bonds. The van der Waals surface area contributed by atoms with E-state index in [2.05, 4.69) is 17.9 Å². The Morgan fingerprint density at radius 1 is 1.70 bits per heavy atom. The predicted molar refractivity (Wildman–Crippen MR) is 41.4 cm³/mol. The van der Waals surface area contributed by atoms with Crippen LogP contribution in [0.5, 0.6) is 0 Å². The van der Waals surface area contributed by atoms with E-state index in [1.165, 1.54) is 0 Å². The lowest BCUT2D eigenvalue weighted by Gasteiger charge is -2.21. The minimum absolute atomic E-state index is 0.383. The summed E-state index contributed by atoms with van der Waals surface area (Å²) in [6.45, 7) is 3.52. The van der Waals surface area contributed by atoms with Gasteiger partial charge in [-0.1, -0.05) is 0 Å². The number of hydrogen-bond donors (Lipinski definition) is 1. The van der Waals surface area contributed by atoms with Crippen LogP contribution in [0.2, 0.25) is 0 Å². The highest BCUT2D eigenvalue weighted by molar-refractivity contribution is 4.73. The SMILES string of the molecule is CC(CN)N(C)CCC#N. The lowest BCUT2D eigenvalue weighted by molar-refractivity contribution is 0.269. The van der Waals surface area contributed by atoms with Gasteiger partial charge in [0.25, 0.3) is 0 Å². The van der Waals surface area contributed by atoms with Gasteiger partial charge in [0, 0.05) is 25.6 Å². The molecular formula is C7H15N3. The van der Waals surface area contributed by atoms with E-state index in [1.54, 1.807) is 0 Å². The van der Waals surface area contributed by atoms with Crippen LogP contribution in [-0.4, -0.2) is 31.1 Å². The van der Waals surface area contributed by atoms with E-state index in [1.807, 2.05) is 7.05 Å². The second-order valence-electron chi connectivity index (χ2n) is 2.47. The van der Waals surface area contributed by atoms with Gasteiger partial charge in [0.1, 0.15) is 0 Å². The Balaban J connectivity index is 3.43. The van der Waals surface area contributed by atoms with Crippen LogP contribution in [0.4, 0.5) is 0 Å². The van der Waals surface area contributed by atoms with Crippen molar-refractivity contribution in [3.63, 3.8) is 0 Å². The molecule has 0 aliphatic heterocycles.